The third kappa shape index (κ3) is 6.12. The number of methoxy groups -OCH3 is 2. The molecule has 0 spiro atoms. The van der Waals surface area contributed by atoms with E-state index in [0.717, 1.165) is 59.5 Å². The molecule has 1 saturated heterocycles. The van der Waals surface area contributed by atoms with Crippen LogP contribution in [-0.4, -0.2) is 60.6 Å². The lowest BCUT2D eigenvalue weighted by atomic mass is 9.81. The summed E-state index contributed by atoms with van der Waals surface area (Å²) in [5.74, 6) is 8.56. The van der Waals surface area contributed by atoms with Crippen LogP contribution in [0.1, 0.15) is 36.5 Å². The van der Waals surface area contributed by atoms with E-state index in [1.165, 1.54) is 0 Å². The lowest BCUT2D eigenvalue weighted by Crippen LogP contribution is -2.42. The maximum absolute atomic E-state index is 11.0. The van der Waals surface area contributed by atoms with Crippen molar-refractivity contribution in [2.75, 3.05) is 40.5 Å². The topological polar surface area (TPSA) is 75.1 Å². The van der Waals surface area contributed by atoms with Gasteiger partial charge in [-0.1, -0.05) is 24.0 Å². The number of pyridine rings is 1. The van der Waals surface area contributed by atoms with Crippen molar-refractivity contribution in [2.45, 2.75) is 25.4 Å². The molecule has 0 aliphatic carbocycles. The van der Waals surface area contributed by atoms with E-state index in [2.05, 4.69) is 21.7 Å². The van der Waals surface area contributed by atoms with Crippen molar-refractivity contribution in [3.63, 3.8) is 0 Å². The second kappa shape index (κ2) is 12.0. The monoisotopic (exact) mass is 474 g/mol. The van der Waals surface area contributed by atoms with E-state index in [-0.39, 0.29) is 12.5 Å². The molecule has 6 nitrogen and oxygen atoms in total. The standard InChI is InChI=1S/C29H34N2O4/c1-34-24-10-11-27-26(18-24)25(13-15-30-27)28(33)12-9-21-14-17-31(19-23(21)20-32)16-5-7-22-6-3-4-8-29(22)35-2/h3-4,6,8,10-11,13,15,18,21,23,28,32-33H,9,12,14,16-17,19-20H2,1-2H3/t21-,23-,28?/m1/s1. The van der Waals surface area contributed by atoms with Crippen LogP contribution in [0.2, 0.25) is 0 Å². The van der Waals surface area contributed by atoms with E-state index in [9.17, 15) is 10.2 Å². The van der Waals surface area contributed by atoms with Crippen LogP contribution in [0.25, 0.3) is 10.9 Å². The number of rotatable bonds is 8. The van der Waals surface area contributed by atoms with E-state index >= 15 is 0 Å². The minimum Gasteiger partial charge on any atom is -0.497 e. The fraction of sp³-hybridized carbons (Fsp3) is 0.414. The van der Waals surface area contributed by atoms with Crippen LogP contribution in [-0.2, 0) is 0 Å². The Hall–Kier alpha value is -3.11. The number of para-hydroxylation sites is 1. The van der Waals surface area contributed by atoms with Gasteiger partial charge in [-0.2, -0.15) is 0 Å². The van der Waals surface area contributed by atoms with Crippen LogP contribution in [0.5, 0.6) is 11.5 Å². The zero-order chi connectivity index (χ0) is 24.6. The van der Waals surface area contributed by atoms with E-state index in [1.54, 1.807) is 20.4 Å². The molecule has 184 valence electrons. The lowest BCUT2D eigenvalue weighted by molar-refractivity contribution is 0.0640. The first-order valence-corrected chi connectivity index (χ1v) is 12.2. The van der Waals surface area contributed by atoms with E-state index in [0.29, 0.717) is 18.9 Å². The predicted octanol–water partition coefficient (Wildman–Crippen LogP) is 4.05. The van der Waals surface area contributed by atoms with Crippen LogP contribution in [0.15, 0.2) is 54.7 Å². The number of aliphatic hydroxyl groups is 2. The molecule has 1 aliphatic rings. The van der Waals surface area contributed by atoms with Gasteiger partial charge in [0.15, 0.2) is 0 Å². The van der Waals surface area contributed by atoms with E-state index in [4.69, 9.17) is 9.47 Å². The van der Waals surface area contributed by atoms with Gasteiger partial charge in [0.1, 0.15) is 11.5 Å². The van der Waals surface area contributed by atoms with Gasteiger partial charge in [-0.05, 0) is 79.6 Å². The smallest absolute Gasteiger partial charge is 0.134 e. The van der Waals surface area contributed by atoms with Gasteiger partial charge >= 0.3 is 0 Å². The second-order valence-electron chi connectivity index (χ2n) is 9.10. The molecule has 35 heavy (non-hydrogen) atoms. The maximum atomic E-state index is 11.0. The van der Waals surface area contributed by atoms with Crippen molar-refractivity contribution in [1.29, 1.82) is 0 Å². The van der Waals surface area contributed by atoms with E-state index < -0.39 is 6.10 Å². The Morgan fingerprint density at radius 1 is 1.11 bits per heavy atom. The molecule has 1 aliphatic heterocycles. The summed E-state index contributed by atoms with van der Waals surface area (Å²) in [5, 5.41) is 22.0. The van der Waals surface area contributed by atoms with Crippen molar-refractivity contribution in [2.24, 2.45) is 11.8 Å². The minimum absolute atomic E-state index is 0.145. The number of likely N-dealkylation sites (tertiary alicyclic amines) is 1. The van der Waals surface area contributed by atoms with Crippen LogP contribution in [0.3, 0.4) is 0 Å². The molecule has 6 heteroatoms. The number of fused-ring (bicyclic) bond motifs is 1. The van der Waals surface area contributed by atoms with Gasteiger partial charge in [0.2, 0.25) is 0 Å². The van der Waals surface area contributed by atoms with Gasteiger partial charge in [0.05, 0.1) is 37.9 Å². The molecule has 2 heterocycles. The fourth-order valence-electron chi connectivity index (χ4n) is 4.97. The van der Waals surface area contributed by atoms with Gasteiger partial charge in [0, 0.05) is 24.7 Å². The summed E-state index contributed by atoms with van der Waals surface area (Å²) in [5.41, 5.74) is 2.61. The van der Waals surface area contributed by atoms with E-state index in [1.807, 2.05) is 48.5 Å². The van der Waals surface area contributed by atoms with Crippen LogP contribution >= 0.6 is 0 Å². The highest BCUT2D eigenvalue weighted by Gasteiger charge is 2.29. The Labute approximate surface area is 207 Å². The number of nitrogens with zero attached hydrogens (tertiary/aromatic N) is 2. The normalized spacial score (nSPS) is 19.1. The maximum Gasteiger partial charge on any atom is 0.134 e. The second-order valence-corrected chi connectivity index (χ2v) is 9.10. The molecule has 1 aromatic heterocycles. The van der Waals surface area contributed by atoms with Crippen molar-refractivity contribution in [3.05, 3.63) is 65.9 Å². The zero-order valence-electron chi connectivity index (χ0n) is 20.5. The summed E-state index contributed by atoms with van der Waals surface area (Å²) < 4.78 is 10.7. The number of piperidine rings is 1. The first-order chi connectivity index (χ1) is 17.1. The Kier molecular flexibility index (Phi) is 8.59. The number of hydrogen-bond acceptors (Lipinski definition) is 6. The fourth-order valence-corrected chi connectivity index (χ4v) is 4.97. The first kappa shape index (κ1) is 25.0. The van der Waals surface area contributed by atoms with Gasteiger partial charge in [0.25, 0.3) is 0 Å². The quantitative estimate of drug-likeness (QED) is 0.480. The number of benzene rings is 2. The minimum atomic E-state index is -0.586. The molecule has 0 radical (unpaired) electrons. The third-order valence-corrected chi connectivity index (χ3v) is 7.00. The van der Waals surface area contributed by atoms with Crippen molar-refractivity contribution < 1.29 is 19.7 Å². The van der Waals surface area contributed by atoms with Crippen LogP contribution in [0.4, 0.5) is 0 Å². The number of ether oxygens (including phenoxy) is 2. The van der Waals surface area contributed by atoms with Crippen molar-refractivity contribution in [3.8, 4) is 23.3 Å². The SMILES string of the molecule is COc1ccc2nccc(C(O)CC[C@@H]3CCN(CC#Cc4ccccc4OC)C[C@@H]3CO)c2c1. The molecule has 3 atom stereocenters. The van der Waals surface area contributed by atoms with Gasteiger partial charge < -0.3 is 19.7 Å². The van der Waals surface area contributed by atoms with Crippen LogP contribution < -0.4 is 9.47 Å². The Morgan fingerprint density at radius 2 is 1.97 bits per heavy atom. The summed E-state index contributed by atoms with van der Waals surface area (Å²) in [7, 11) is 3.29. The summed E-state index contributed by atoms with van der Waals surface area (Å²) in [6.45, 7) is 2.56. The highest BCUT2D eigenvalue weighted by molar-refractivity contribution is 5.83. The molecule has 4 rings (SSSR count). The Balaban J connectivity index is 1.34. The highest BCUT2D eigenvalue weighted by Crippen LogP contribution is 2.33. The molecule has 3 aromatic rings. The number of aliphatic hydroxyl groups excluding tert-OH is 2. The average molecular weight is 475 g/mol. The molecule has 0 bridgehead atoms. The number of hydrogen-bond donors (Lipinski definition) is 2. The first-order valence-electron chi connectivity index (χ1n) is 12.2. The van der Waals surface area contributed by atoms with Gasteiger partial charge in [-0.25, -0.2) is 0 Å². The summed E-state index contributed by atoms with van der Waals surface area (Å²) >= 11 is 0. The van der Waals surface area contributed by atoms with Crippen molar-refractivity contribution >= 4 is 10.9 Å². The molecule has 0 saturated carbocycles. The Morgan fingerprint density at radius 3 is 2.77 bits per heavy atom. The molecular formula is C29H34N2O4. The molecule has 0 amide bonds. The molecule has 2 aromatic carbocycles. The zero-order valence-corrected chi connectivity index (χ0v) is 20.5. The molecule has 1 unspecified atom stereocenters. The third-order valence-electron chi connectivity index (χ3n) is 7.00. The van der Waals surface area contributed by atoms with Crippen molar-refractivity contribution in [1.82, 2.24) is 9.88 Å². The van der Waals surface area contributed by atoms with Crippen LogP contribution in [0, 0.1) is 23.7 Å². The summed E-state index contributed by atoms with van der Waals surface area (Å²) in [4.78, 5) is 6.72. The summed E-state index contributed by atoms with van der Waals surface area (Å²) in [6.07, 6.45) is 3.65. The van der Waals surface area contributed by atoms with Gasteiger partial charge in [-0.15, -0.1) is 0 Å². The molecule has 1 fully saturated rings. The van der Waals surface area contributed by atoms with Gasteiger partial charge in [-0.3, -0.25) is 9.88 Å². The highest BCUT2D eigenvalue weighted by atomic mass is 16.5. The molecule has 2 N–H and O–H groups in total. The Bertz CT molecular complexity index is 1190. The summed E-state index contributed by atoms with van der Waals surface area (Å²) in [6, 6.07) is 15.4. The molecular weight excluding hydrogens is 440 g/mol. The predicted molar refractivity (Wildman–Crippen MR) is 137 cm³/mol. The largest absolute Gasteiger partial charge is 0.497 e. The number of aromatic nitrogens is 1. The lowest BCUT2D eigenvalue weighted by Gasteiger charge is -2.37. The average Bonchev–Trinajstić information content (AvgIpc) is 2.91.